The van der Waals surface area contributed by atoms with E-state index >= 15 is 0 Å². The van der Waals surface area contributed by atoms with Gasteiger partial charge in [0, 0.05) is 75.2 Å². The van der Waals surface area contributed by atoms with Gasteiger partial charge in [-0.05, 0) is 135 Å². The Hall–Kier alpha value is -6.34. The van der Waals surface area contributed by atoms with Gasteiger partial charge < -0.3 is 14.7 Å². The van der Waals surface area contributed by atoms with E-state index in [1.54, 1.807) is 0 Å². The maximum absolute atomic E-state index is 2.84. The molecule has 3 aliphatic heterocycles. The molecule has 2 atom stereocenters. The average molecular weight is 1000 g/mol. The van der Waals surface area contributed by atoms with Crippen molar-refractivity contribution >= 4 is 132 Å². The van der Waals surface area contributed by atoms with Gasteiger partial charge in [-0.15, -0.1) is 22.7 Å². The number of rotatable bonds is 3. The Morgan fingerprint density at radius 3 is 1.61 bits per heavy atom. The molecule has 2 unspecified atom stereocenters. The van der Waals surface area contributed by atoms with E-state index in [1.165, 1.54) is 144 Å². The third-order valence-corrected chi connectivity index (χ3v) is 20.6. The maximum Gasteiger partial charge on any atom is 0.252 e. The average Bonchev–Trinajstić information content (AvgIpc) is 4.02. The normalized spacial score (nSPS) is 19.3. The van der Waals surface area contributed by atoms with Crippen LogP contribution in [-0.4, -0.2) is 12.3 Å². The first-order valence-electron chi connectivity index (χ1n) is 27.2. The summed E-state index contributed by atoms with van der Waals surface area (Å²) >= 11 is 3.84. The Balaban J connectivity index is 1.15. The van der Waals surface area contributed by atoms with E-state index in [-0.39, 0.29) is 33.9 Å². The van der Waals surface area contributed by atoms with E-state index in [0.29, 0.717) is 0 Å². The summed E-state index contributed by atoms with van der Waals surface area (Å²) < 4.78 is 5.28. The number of thiophene rings is 2. The second-order valence-electron chi connectivity index (χ2n) is 25.7. The maximum atomic E-state index is 2.84. The summed E-state index contributed by atoms with van der Waals surface area (Å²) in [7, 11) is 0. The predicted octanol–water partition coefficient (Wildman–Crippen LogP) is 18.1. The molecule has 0 spiro atoms. The van der Waals surface area contributed by atoms with Gasteiger partial charge in [-0.1, -0.05) is 173 Å². The Morgan fingerprint density at radius 1 is 0.446 bits per heavy atom. The zero-order valence-electron chi connectivity index (χ0n) is 45.0. The molecule has 1 fully saturated rings. The van der Waals surface area contributed by atoms with Crippen molar-refractivity contribution in [1.82, 2.24) is 0 Å². The van der Waals surface area contributed by atoms with E-state index in [0.717, 1.165) is 6.42 Å². The number of benzene rings is 8. The van der Waals surface area contributed by atoms with E-state index in [2.05, 4.69) is 243 Å². The number of hydrogen-bond acceptors (Lipinski definition) is 5. The van der Waals surface area contributed by atoms with Gasteiger partial charge in [0.1, 0.15) is 0 Å². The van der Waals surface area contributed by atoms with Crippen LogP contribution in [0.4, 0.5) is 45.5 Å². The Morgan fingerprint density at radius 2 is 0.959 bits per heavy atom. The highest BCUT2D eigenvalue weighted by atomic mass is 32.1. The van der Waals surface area contributed by atoms with Gasteiger partial charge in [-0.3, -0.25) is 0 Å². The van der Waals surface area contributed by atoms with E-state index < -0.39 is 0 Å². The smallest absolute Gasteiger partial charge is 0.252 e. The zero-order valence-corrected chi connectivity index (χ0v) is 46.6. The summed E-state index contributed by atoms with van der Waals surface area (Å²) in [5.74, 6) is 0. The van der Waals surface area contributed by atoms with Crippen LogP contribution in [0.25, 0.3) is 40.3 Å². The highest BCUT2D eigenvalue weighted by molar-refractivity contribution is 7.26. The summed E-state index contributed by atoms with van der Waals surface area (Å²) in [5.41, 5.74) is 19.7. The highest BCUT2D eigenvalue weighted by Gasteiger charge is 2.58. The molecule has 74 heavy (non-hydrogen) atoms. The molecule has 6 heteroatoms. The van der Waals surface area contributed by atoms with Crippen LogP contribution in [0.15, 0.2) is 152 Å². The van der Waals surface area contributed by atoms with Crippen molar-refractivity contribution < 1.29 is 0 Å². The Kier molecular flexibility index (Phi) is 9.75. The molecular formula is C68H66BN3S2. The molecule has 0 radical (unpaired) electrons. The molecule has 3 nitrogen and oxygen atoms in total. The Bertz CT molecular complexity index is 4010. The summed E-state index contributed by atoms with van der Waals surface area (Å²) in [6, 6.07) is 60.0. The van der Waals surface area contributed by atoms with Crippen LogP contribution in [0.1, 0.15) is 124 Å². The molecule has 2 aromatic heterocycles. The fourth-order valence-electron chi connectivity index (χ4n) is 14.0. The molecule has 14 rings (SSSR count). The number of anilines is 8. The molecule has 1 aliphatic carbocycles. The van der Waals surface area contributed by atoms with Crippen molar-refractivity contribution in [2.45, 2.75) is 129 Å². The molecule has 5 heterocycles. The highest BCUT2D eigenvalue weighted by Crippen LogP contribution is 2.63. The minimum Gasteiger partial charge on any atom is -0.334 e. The third-order valence-electron chi connectivity index (χ3n) is 18.3. The molecular weight excluding hydrogens is 934 g/mol. The standard InChI is InChI=1S/C68H66BN3S2/c1-64(2,3)41-28-31-51-48(36-41)67(10)34-16-17-35-68(67,11)72(51)44-39-56-62-57(40-44)71(55-24-18-22-46-45-20-12-14-25-58(45)74-63(46)55)53-33-30-43(66(7,8)9)38-50(53)69(62)49-37-42(65(4,5)6)29-32-52(49)70(56)54-23-19-27-60-61(54)47-21-13-15-26-59(47)73-60/h12-15,18-33,36-40H,16-17,34-35H2,1-11H3. The first-order valence-corrected chi connectivity index (χ1v) is 28.8. The number of fused-ring (bicyclic) bond motifs is 13. The van der Waals surface area contributed by atoms with Gasteiger partial charge in [-0.2, -0.15) is 0 Å². The van der Waals surface area contributed by atoms with Crippen molar-refractivity contribution in [3.05, 3.63) is 174 Å². The zero-order chi connectivity index (χ0) is 51.0. The lowest BCUT2D eigenvalue weighted by Crippen LogP contribution is -2.62. The van der Waals surface area contributed by atoms with Crippen molar-refractivity contribution in [2.24, 2.45) is 0 Å². The third kappa shape index (κ3) is 6.43. The van der Waals surface area contributed by atoms with Gasteiger partial charge in [0.2, 0.25) is 0 Å². The van der Waals surface area contributed by atoms with Gasteiger partial charge in [0.05, 0.1) is 21.6 Å². The van der Waals surface area contributed by atoms with Gasteiger partial charge in [0.25, 0.3) is 6.71 Å². The second kappa shape index (κ2) is 15.6. The fourth-order valence-corrected chi connectivity index (χ4v) is 16.4. The Labute approximate surface area is 446 Å². The minimum absolute atomic E-state index is 0.0214. The van der Waals surface area contributed by atoms with Crippen molar-refractivity contribution in [3.63, 3.8) is 0 Å². The van der Waals surface area contributed by atoms with Crippen molar-refractivity contribution in [2.75, 3.05) is 14.7 Å². The predicted molar refractivity (Wildman–Crippen MR) is 325 cm³/mol. The van der Waals surface area contributed by atoms with Crippen LogP contribution in [0.3, 0.4) is 0 Å². The van der Waals surface area contributed by atoms with Crippen LogP contribution < -0.4 is 31.1 Å². The SMILES string of the molecule is CC(C)(C)c1ccc2c(c1)B1c3cc(C(C)(C)C)ccc3N(c3cccc4sc5ccccc5c34)c3cc(N4c5ccc(C(C)(C)C)cc5C5(C)CCCCC45C)cc(c31)N2c1cccc2c1sc1ccccc12. The molecule has 368 valence electrons. The van der Waals surface area contributed by atoms with Crippen LogP contribution in [0, 0.1) is 0 Å². The summed E-state index contributed by atoms with van der Waals surface area (Å²) in [5, 5.41) is 5.27. The molecule has 4 aliphatic rings. The van der Waals surface area contributed by atoms with Crippen LogP contribution in [0.2, 0.25) is 0 Å². The lowest BCUT2D eigenvalue weighted by Gasteiger charge is -2.51. The molecule has 10 aromatic rings. The monoisotopic (exact) mass is 999 g/mol. The molecule has 1 saturated carbocycles. The lowest BCUT2D eigenvalue weighted by atomic mass is 9.33. The fraction of sp³-hybridized carbons (Fsp3) is 0.294. The second-order valence-corrected chi connectivity index (χ2v) is 27.8. The summed E-state index contributed by atoms with van der Waals surface area (Å²) in [6.45, 7) is 26.5. The number of hydrogen-bond donors (Lipinski definition) is 0. The van der Waals surface area contributed by atoms with Gasteiger partial charge >= 0.3 is 0 Å². The minimum atomic E-state index is -0.155. The van der Waals surface area contributed by atoms with E-state index in [4.69, 9.17) is 0 Å². The van der Waals surface area contributed by atoms with Crippen LogP contribution in [-0.2, 0) is 21.7 Å². The first-order chi connectivity index (χ1) is 35.3. The largest absolute Gasteiger partial charge is 0.334 e. The van der Waals surface area contributed by atoms with Crippen molar-refractivity contribution in [1.29, 1.82) is 0 Å². The topological polar surface area (TPSA) is 9.72 Å². The summed E-state index contributed by atoms with van der Waals surface area (Å²) in [4.78, 5) is 8.26. The molecule has 0 N–H and O–H groups in total. The van der Waals surface area contributed by atoms with Gasteiger partial charge in [0.15, 0.2) is 0 Å². The van der Waals surface area contributed by atoms with Crippen LogP contribution in [0.5, 0.6) is 0 Å². The summed E-state index contributed by atoms with van der Waals surface area (Å²) in [6.07, 6.45) is 4.77. The molecule has 0 bridgehead atoms. The number of nitrogens with zero attached hydrogens (tertiary/aromatic N) is 3. The van der Waals surface area contributed by atoms with E-state index in [9.17, 15) is 0 Å². The van der Waals surface area contributed by atoms with Crippen molar-refractivity contribution in [3.8, 4) is 0 Å². The first kappa shape index (κ1) is 46.2. The van der Waals surface area contributed by atoms with Crippen LogP contribution >= 0.6 is 22.7 Å². The van der Waals surface area contributed by atoms with Gasteiger partial charge in [-0.25, -0.2) is 0 Å². The quantitative estimate of drug-likeness (QED) is 0.163. The lowest BCUT2D eigenvalue weighted by molar-refractivity contribution is 0.195. The molecule has 0 amide bonds. The molecule has 8 aromatic carbocycles. The molecule has 0 saturated heterocycles. The van der Waals surface area contributed by atoms with E-state index in [1.807, 2.05) is 22.7 Å².